The summed E-state index contributed by atoms with van der Waals surface area (Å²) in [4.78, 5) is 29.8. The molecule has 0 bridgehead atoms. The Bertz CT molecular complexity index is 1540. The van der Waals surface area contributed by atoms with Crippen molar-refractivity contribution < 1.29 is 31.9 Å². The van der Waals surface area contributed by atoms with Crippen LogP contribution in [-0.2, 0) is 6.18 Å². The van der Waals surface area contributed by atoms with Crippen LogP contribution in [0.25, 0.3) is 23.0 Å². The molecule has 0 atom stereocenters. The van der Waals surface area contributed by atoms with Crippen molar-refractivity contribution in [2.75, 3.05) is 25.9 Å². The van der Waals surface area contributed by atoms with E-state index in [0.29, 0.717) is 54.4 Å². The van der Waals surface area contributed by atoms with Gasteiger partial charge in [0, 0.05) is 25.2 Å². The van der Waals surface area contributed by atoms with Crippen LogP contribution in [0, 0.1) is 6.92 Å². The summed E-state index contributed by atoms with van der Waals surface area (Å²) in [6.07, 6.45) is -3.24. The van der Waals surface area contributed by atoms with Crippen LogP contribution >= 0.6 is 0 Å². The molecule has 208 valence electrons. The summed E-state index contributed by atoms with van der Waals surface area (Å²) in [7, 11) is 1.49. The largest absolute Gasteiger partial charge is 0.493 e. The Balaban J connectivity index is 1.36. The molecular weight excluding hydrogens is 533 g/mol. The Morgan fingerprint density at radius 3 is 2.45 bits per heavy atom. The molecule has 1 aliphatic heterocycles. The number of aromatic nitrogens is 6. The number of piperidine rings is 1. The summed E-state index contributed by atoms with van der Waals surface area (Å²) < 4.78 is 55.7. The van der Waals surface area contributed by atoms with Crippen LogP contribution in [0.5, 0.6) is 11.5 Å². The smallest absolute Gasteiger partial charge is 0.451 e. The zero-order valence-corrected chi connectivity index (χ0v) is 21.3. The summed E-state index contributed by atoms with van der Waals surface area (Å²) in [5, 5.41) is 7.92. The summed E-state index contributed by atoms with van der Waals surface area (Å²) in [5.41, 5.74) is 7.18. The van der Waals surface area contributed by atoms with Crippen molar-refractivity contribution in [3.63, 3.8) is 0 Å². The first kappa shape index (κ1) is 26.8. The molecule has 0 radical (unpaired) electrons. The molecule has 5 rings (SSSR count). The van der Waals surface area contributed by atoms with E-state index in [-0.39, 0.29) is 29.3 Å². The number of hydrogen-bond acceptors (Lipinski definition) is 11. The predicted molar refractivity (Wildman–Crippen MR) is 133 cm³/mol. The SMILES string of the molecule is COc1ccccc1OC(=O)N1CCC(c2nc(N)nc(C)c2-c2nnc(-c3ccnc(C(F)(F)F)n3)o2)CC1. The molecule has 2 N–H and O–H groups in total. The number of amides is 1. The lowest BCUT2D eigenvalue weighted by molar-refractivity contribution is -0.144. The molecule has 3 aromatic heterocycles. The van der Waals surface area contributed by atoms with Crippen molar-refractivity contribution in [1.29, 1.82) is 0 Å². The maximum absolute atomic E-state index is 13.1. The van der Waals surface area contributed by atoms with E-state index < -0.39 is 18.1 Å². The number of para-hydroxylation sites is 2. The third-order valence-electron chi connectivity index (χ3n) is 6.31. The van der Waals surface area contributed by atoms with E-state index in [0.717, 1.165) is 6.20 Å². The third-order valence-corrected chi connectivity index (χ3v) is 6.31. The van der Waals surface area contributed by atoms with E-state index in [4.69, 9.17) is 19.6 Å². The first-order chi connectivity index (χ1) is 19.1. The standard InChI is InChI=1S/C25H23F3N8O4/c1-13-18(21-35-34-20(40-21)15-7-10-30-22(32-15)25(26,27)28)19(33-23(29)31-13)14-8-11-36(12-9-14)24(37)39-17-6-4-3-5-16(17)38-2/h3-7,10,14H,8-9,11-12H2,1-2H3,(H2,29,31,33). The van der Waals surface area contributed by atoms with Gasteiger partial charge >= 0.3 is 12.3 Å². The molecule has 0 spiro atoms. The van der Waals surface area contributed by atoms with Crippen molar-refractivity contribution >= 4 is 12.0 Å². The topological polar surface area (TPSA) is 155 Å². The average Bonchev–Trinajstić information content (AvgIpc) is 3.42. The van der Waals surface area contributed by atoms with E-state index in [9.17, 15) is 18.0 Å². The van der Waals surface area contributed by atoms with Gasteiger partial charge in [-0.3, -0.25) is 0 Å². The van der Waals surface area contributed by atoms with Crippen molar-refractivity contribution in [2.24, 2.45) is 0 Å². The van der Waals surface area contributed by atoms with Gasteiger partial charge in [-0.25, -0.2) is 24.7 Å². The van der Waals surface area contributed by atoms with E-state index in [1.807, 2.05) is 0 Å². The first-order valence-electron chi connectivity index (χ1n) is 12.1. The van der Waals surface area contributed by atoms with E-state index >= 15 is 0 Å². The molecule has 0 saturated carbocycles. The maximum Gasteiger partial charge on any atom is 0.451 e. The molecule has 40 heavy (non-hydrogen) atoms. The molecule has 1 fully saturated rings. The third kappa shape index (κ3) is 5.48. The Morgan fingerprint density at radius 2 is 1.75 bits per heavy atom. The van der Waals surface area contributed by atoms with E-state index in [1.54, 1.807) is 36.1 Å². The van der Waals surface area contributed by atoms with Gasteiger partial charge in [-0.15, -0.1) is 10.2 Å². The summed E-state index contributed by atoms with van der Waals surface area (Å²) in [5.74, 6) is -0.894. The van der Waals surface area contributed by atoms with Gasteiger partial charge in [0.05, 0.1) is 24.1 Å². The highest BCUT2D eigenvalue weighted by atomic mass is 19.4. The number of likely N-dealkylation sites (tertiary alicyclic amines) is 1. The van der Waals surface area contributed by atoms with Gasteiger partial charge in [0.25, 0.3) is 11.8 Å². The van der Waals surface area contributed by atoms with Crippen LogP contribution in [0.2, 0.25) is 0 Å². The second-order valence-corrected chi connectivity index (χ2v) is 8.88. The van der Waals surface area contributed by atoms with Crippen LogP contribution in [0.15, 0.2) is 40.9 Å². The predicted octanol–water partition coefficient (Wildman–Crippen LogP) is 4.28. The van der Waals surface area contributed by atoms with Gasteiger partial charge in [-0.05, 0) is 38.0 Å². The number of nitrogens with zero attached hydrogens (tertiary/aromatic N) is 7. The number of rotatable bonds is 5. The molecule has 1 aliphatic rings. The van der Waals surface area contributed by atoms with Gasteiger partial charge in [0.1, 0.15) is 5.69 Å². The number of alkyl halides is 3. The molecule has 1 saturated heterocycles. The maximum atomic E-state index is 13.1. The van der Waals surface area contributed by atoms with Crippen LogP contribution in [0.4, 0.5) is 23.9 Å². The Labute approximate surface area is 225 Å². The van der Waals surface area contributed by atoms with Gasteiger partial charge in [-0.1, -0.05) is 12.1 Å². The molecule has 4 heterocycles. The molecular formula is C25H23F3N8O4. The highest BCUT2D eigenvalue weighted by molar-refractivity contribution is 5.72. The second kappa shape index (κ2) is 10.7. The summed E-state index contributed by atoms with van der Waals surface area (Å²) >= 11 is 0. The zero-order chi connectivity index (χ0) is 28.4. The lowest BCUT2D eigenvalue weighted by Crippen LogP contribution is -2.40. The fourth-order valence-corrected chi connectivity index (χ4v) is 4.42. The molecule has 0 aliphatic carbocycles. The molecule has 4 aromatic rings. The van der Waals surface area contributed by atoms with E-state index in [1.165, 1.54) is 13.2 Å². The molecule has 1 amide bonds. The molecule has 12 nitrogen and oxygen atoms in total. The van der Waals surface area contributed by atoms with Crippen LogP contribution in [-0.4, -0.2) is 61.3 Å². The molecule has 0 unspecified atom stereocenters. The molecule has 1 aromatic carbocycles. The summed E-state index contributed by atoms with van der Waals surface area (Å²) in [6.45, 7) is 2.43. The molecule has 15 heteroatoms. The Kier molecular flexibility index (Phi) is 7.19. The average molecular weight is 557 g/mol. The number of benzene rings is 1. The number of aryl methyl sites for hydroxylation is 1. The van der Waals surface area contributed by atoms with Gasteiger partial charge in [0.15, 0.2) is 11.5 Å². The van der Waals surface area contributed by atoms with Crippen molar-refractivity contribution in [2.45, 2.75) is 31.9 Å². The van der Waals surface area contributed by atoms with Crippen LogP contribution in [0.1, 0.15) is 36.0 Å². The number of carbonyl (C=O) groups is 1. The monoisotopic (exact) mass is 556 g/mol. The summed E-state index contributed by atoms with van der Waals surface area (Å²) in [6, 6.07) is 8.09. The normalized spacial score (nSPS) is 14.3. The Morgan fingerprint density at radius 1 is 1.05 bits per heavy atom. The first-order valence-corrected chi connectivity index (χ1v) is 12.1. The van der Waals surface area contributed by atoms with Crippen molar-refractivity contribution in [3.05, 3.63) is 53.7 Å². The van der Waals surface area contributed by atoms with Gasteiger partial charge in [-0.2, -0.15) is 13.2 Å². The number of anilines is 1. The quantitative estimate of drug-likeness (QED) is 0.374. The zero-order valence-electron chi connectivity index (χ0n) is 21.3. The fraction of sp³-hybridized carbons (Fsp3) is 0.320. The van der Waals surface area contributed by atoms with Crippen LogP contribution < -0.4 is 15.2 Å². The fourth-order valence-electron chi connectivity index (χ4n) is 4.42. The highest BCUT2D eigenvalue weighted by Crippen LogP contribution is 2.37. The van der Waals surface area contributed by atoms with Crippen LogP contribution in [0.3, 0.4) is 0 Å². The van der Waals surface area contributed by atoms with E-state index in [2.05, 4.69) is 30.1 Å². The Hall–Kier alpha value is -4.82. The van der Waals surface area contributed by atoms with Gasteiger partial charge in [0.2, 0.25) is 11.8 Å². The lowest BCUT2D eigenvalue weighted by Gasteiger charge is -2.31. The number of carbonyl (C=O) groups excluding carboxylic acids is 1. The van der Waals surface area contributed by atoms with Crippen molar-refractivity contribution in [1.82, 2.24) is 35.0 Å². The number of nitrogen functional groups attached to an aromatic ring is 1. The van der Waals surface area contributed by atoms with Crippen molar-refractivity contribution in [3.8, 4) is 34.5 Å². The lowest BCUT2D eigenvalue weighted by atomic mass is 9.90. The number of hydrogen-bond donors (Lipinski definition) is 1. The number of nitrogens with two attached hydrogens (primary N) is 1. The number of halogens is 3. The minimum absolute atomic E-state index is 0.00711. The minimum atomic E-state index is -4.73. The second-order valence-electron chi connectivity index (χ2n) is 8.88. The minimum Gasteiger partial charge on any atom is -0.493 e. The number of methoxy groups -OCH3 is 1. The number of ether oxygens (including phenoxy) is 2. The highest BCUT2D eigenvalue weighted by Gasteiger charge is 2.35. The van der Waals surface area contributed by atoms with Gasteiger partial charge < -0.3 is 24.5 Å².